The van der Waals surface area contributed by atoms with Crippen molar-refractivity contribution in [3.63, 3.8) is 0 Å². The Morgan fingerprint density at radius 3 is 2.74 bits per heavy atom. The molecule has 1 saturated carbocycles. The van der Waals surface area contributed by atoms with Crippen LogP contribution in [0.3, 0.4) is 0 Å². The molecule has 1 aliphatic heterocycles. The Balaban J connectivity index is 1.72. The summed E-state index contributed by atoms with van der Waals surface area (Å²) >= 11 is 0. The fourth-order valence-electron chi connectivity index (χ4n) is 3.79. The maximum Gasteiger partial charge on any atom is 0.191 e. The van der Waals surface area contributed by atoms with E-state index in [1.54, 1.807) is 0 Å². The summed E-state index contributed by atoms with van der Waals surface area (Å²) in [5.41, 5.74) is 2.26. The van der Waals surface area contributed by atoms with Crippen LogP contribution in [0.25, 0.3) is 0 Å². The van der Waals surface area contributed by atoms with E-state index in [0.717, 1.165) is 61.7 Å². The Morgan fingerprint density at radius 1 is 1.26 bits per heavy atom. The van der Waals surface area contributed by atoms with Gasteiger partial charge in [0, 0.05) is 30.1 Å². The van der Waals surface area contributed by atoms with E-state index in [9.17, 15) is 5.11 Å². The molecule has 3 N–H and O–H groups in total. The van der Waals surface area contributed by atoms with Gasteiger partial charge in [0.1, 0.15) is 17.6 Å². The number of rotatable bonds is 6. The van der Waals surface area contributed by atoms with E-state index in [1.807, 2.05) is 6.92 Å². The van der Waals surface area contributed by atoms with Crippen LogP contribution in [0.15, 0.2) is 17.1 Å². The van der Waals surface area contributed by atoms with Gasteiger partial charge in [0.15, 0.2) is 5.96 Å². The molecule has 0 saturated heterocycles. The van der Waals surface area contributed by atoms with Crippen molar-refractivity contribution in [2.24, 2.45) is 4.99 Å². The van der Waals surface area contributed by atoms with Crippen molar-refractivity contribution in [1.82, 2.24) is 10.6 Å². The molecule has 27 heavy (non-hydrogen) atoms. The highest BCUT2D eigenvalue weighted by molar-refractivity contribution is 5.80. The fraction of sp³-hybridized carbons (Fsp3) is 0.667. The lowest BCUT2D eigenvalue weighted by Crippen LogP contribution is -2.45. The van der Waals surface area contributed by atoms with E-state index in [0.29, 0.717) is 19.2 Å². The highest BCUT2D eigenvalue weighted by Gasteiger charge is 2.22. The smallest absolute Gasteiger partial charge is 0.191 e. The number of nitrogens with one attached hydrogen (secondary N) is 2. The molecule has 1 fully saturated rings. The molecule has 0 aromatic heterocycles. The van der Waals surface area contributed by atoms with Crippen LogP contribution in [0.5, 0.6) is 11.5 Å². The zero-order valence-corrected chi connectivity index (χ0v) is 16.8. The molecule has 0 amide bonds. The summed E-state index contributed by atoms with van der Waals surface area (Å²) in [5.74, 6) is 2.67. The summed E-state index contributed by atoms with van der Waals surface area (Å²) < 4.78 is 11.8. The lowest BCUT2D eigenvalue weighted by molar-refractivity contribution is 0.120. The average Bonchev–Trinajstić information content (AvgIpc) is 3.00. The molecular weight excluding hydrogens is 342 g/mol. The van der Waals surface area contributed by atoms with Gasteiger partial charge in [-0.25, -0.2) is 4.99 Å². The van der Waals surface area contributed by atoms with E-state index in [-0.39, 0.29) is 12.2 Å². The molecule has 1 atom stereocenters. The minimum absolute atomic E-state index is 0.148. The lowest BCUT2D eigenvalue weighted by atomic mass is 9.93. The number of nitrogens with zero attached hydrogens (tertiary/aromatic N) is 1. The van der Waals surface area contributed by atoms with Crippen molar-refractivity contribution in [1.29, 1.82) is 0 Å². The second-order valence-electron chi connectivity index (χ2n) is 7.48. The van der Waals surface area contributed by atoms with Crippen LogP contribution < -0.4 is 20.1 Å². The SMILES string of the molecule is CCNC(=NCc1cc2c(cc1OCC)CC(C)O2)NC1CCC(O)CC1. The van der Waals surface area contributed by atoms with Gasteiger partial charge in [-0.1, -0.05) is 0 Å². The molecule has 2 aliphatic rings. The molecule has 0 spiro atoms. The monoisotopic (exact) mass is 375 g/mol. The van der Waals surface area contributed by atoms with Crippen LogP contribution in [0.2, 0.25) is 0 Å². The van der Waals surface area contributed by atoms with E-state index in [2.05, 4.69) is 36.6 Å². The summed E-state index contributed by atoms with van der Waals surface area (Å²) in [6, 6.07) is 4.55. The first kappa shape index (κ1) is 19.8. The normalized spacial score (nSPS) is 24.9. The average molecular weight is 376 g/mol. The van der Waals surface area contributed by atoms with Gasteiger partial charge in [0.2, 0.25) is 0 Å². The number of guanidine groups is 1. The standard InChI is InChI=1S/C21H33N3O3/c1-4-22-21(24-17-6-8-18(25)9-7-17)23-13-16-12-20-15(10-14(3)27-20)11-19(16)26-5-2/h11-12,14,17-18,25H,4-10,13H2,1-3H3,(H2,22,23,24). The van der Waals surface area contributed by atoms with Gasteiger partial charge in [0.25, 0.3) is 0 Å². The van der Waals surface area contributed by atoms with Crippen molar-refractivity contribution in [3.05, 3.63) is 23.3 Å². The largest absolute Gasteiger partial charge is 0.494 e. The van der Waals surface area contributed by atoms with Crippen LogP contribution in [0.1, 0.15) is 57.6 Å². The third-order valence-electron chi connectivity index (χ3n) is 5.17. The van der Waals surface area contributed by atoms with Crippen molar-refractivity contribution in [3.8, 4) is 11.5 Å². The number of aliphatic imine (C=N–C) groups is 1. The van der Waals surface area contributed by atoms with E-state index < -0.39 is 0 Å². The molecule has 150 valence electrons. The summed E-state index contributed by atoms with van der Waals surface area (Å²) in [4.78, 5) is 4.78. The quantitative estimate of drug-likeness (QED) is 0.527. The lowest BCUT2D eigenvalue weighted by Gasteiger charge is -2.27. The molecule has 3 rings (SSSR count). The van der Waals surface area contributed by atoms with Crippen molar-refractivity contribution in [2.45, 2.75) is 77.7 Å². The summed E-state index contributed by atoms with van der Waals surface area (Å²) in [6.45, 7) is 8.14. The van der Waals surface area contributed by atoms with Crippen molar-refractivity contribution in [2.75, 3.05) is 13.2 Å². The Kier molecular flexibility index (Phi) is 6.83. The number of benzene rings is 1. The first-order chi connectivity index (χ1) is 13.1. The van der Waals surface area contributed by atoms with Crippen molar-refractivity contribution >= 4 is 5.96 Å². The van der Waals surface area contributed by atoms with Crippen molar-refractivity contribution < 1.29 is 14.6 Å². The van der Waals surface area contributed by atoms with E-state index >= 15 is 0 Å². The van der Waals surface area contributed by atoms with Gasteiger partial charge in [-0.3, -0.25) is 0 Å². The number of fused-ring (bicyclic) bond motifs is 1. The fourth-order valence-corrected chi connectivity index (χ4v) is 3.79. The van der Waals surface area contributed by atoms with E-state index in [4.69, 9.17) is 14.5 Å². The highest BCUT2D eigenvalue weighted by atomic mass is 16.5. The second-order valence-corrected chi connectivity index (χ2v) is 7.48. The van der Waals surface area contributed by atoms with Crippen LogP contribution in [0.4, 0.5) is 0 Å². The zero-order chi connectivity index (χ0) is 19.2. The first-order valence-corrected chi connectivity index (χ1v) is 10.3. The van der Waals surface area contributed by atoms with Gasteiger partial charge >= 0.3 is 0 Å². The summed E-state index contributed by atoms with van der Waals surface area (Å²) in [7, 11) is 0. The predicted molar refractivity (Wildman–Crippen MR) is 108 cm³/mol. The number of hydrogen-bond acceptors (Lipinski definition) is 4. The Hall–Kier alpha value is -1.95. The van der Waals surface area contributed by atoms with E-state index in [1.165, 1.54) is 5.56 Å². The molecule has 1 unspecified atom stereocenters. The van der Waals surface area contributed by atoms with Gasteiger partial charge in [-0.15, -0.1) is 0 Å². The van der Waals surface area contributed by atoms with Gasteiger partial charge < -0.3 is 25.2 Å². The third-order valence-corrected chi connectivity index (χ3v) is 5.17. The van der Waals surface area contributed by atoms with Crippen LogP contribution in [0, 0.1) is 0 Å². The third kappa shape index (κ3) is 5.28. The minimum Gasteiger partial charge on any atom is -0.494 e. The molecule has 1 heterocycles. The van der Waals surface area contributed by atoms with Crippen LogP contribution >= 0.6 is 0 Å². The molecular formula is C21H33N3O3. The highest BCUT2D eigenvalue weighted by Crippen LogP contribution is 2.35. The summed E-state index contributed by atoms with van der Waals surface area (Å²) in [5, 5.41) is 16.5. The van der Waals surface area contributed by atoms with Crippen LogP contribution in [-0.4, -0.2) is 42.5 Å². The van der Waals surface area contributed by atoms with Gasteiger partial charge in [0.05, 0.1) is 19.3 Å². The molecule has 0 radical (unpaired) electrons. The summed E-state index contributed by atoms with van der Waals surface area (Å²) in [6.07, 6.45) is 4.65. The molecule has 0 bridgehead atoms. The topological polar surface area (TPSA) is 75.1 Å². The molecule has 1 aromatic rings. The number of ether oxygens (including phenoxy) is 2. The molecule has 6 heteroatoms. The van der Waals surface area contributed by atoms with Crippen LogP contribution in [-0.2, 0) is 13.0 Å². The van der Waals surface area contributed by atoms with Gasteiger partial charge in [-0.05, 0) is 58.6 Å². The Labute approximate surface area is 162 Å². The Morgan fingerprint density at radius 2 is 2.04 bits per heavy atom. The maximum atomic E-state index is 9.69. The number of aliphatic hydroxyl groups excluding tert-OH is 1. The number of aliphatic hydroxyl groups is 1. The molecule has 1 aliphatic carbocycles. The zero-order valence-electron chi connectivity index (χ0n) is 16.8. The molecule has 1 aromatic carbocycles. The predicted octanol–water partition coefficient (Wildman–Crippen LogP) is 2.77. The minimum atomic E-state index is -0.148. The molecule has 6 nitrogen and oxygen atoms in total. The van der Waals surface area contributed by atoms with Gasteiger partial charge in [-0.2, -0.15) is 0 Å². The maximum absolute atomic E-state index is 9.69. The Bertz CT molecular complexity index is 654. The second kappa shape index (κ2) is 9.31. The number of hydrogen-bond donors (Lipinski definition) is 3. The first-order valence-electron chi connectivity index (χ1n) is 10.3.